The van der Waals surface area contributed by atoms with Crippen molar-refractivity contribution in [3.05, 3.63) is 41.5 Å². The Labute approximate surface area is 198 Å². The van der Waals surface area contributed by atoms with Crippen molar-refractivity contribution in [3.8, 4) is 6.07 Å². The van der Waals surface area contributed by atoms with Crippen LogP contribution < -0.4 is 21.3 Å². The molecule has 1 aliphatic rings. The number of hydrogen-bond acceptors (Lipinski definition) is 7. The molecule has 9 nitrogen and oxygen atoms in total. The molecule has 2 amide bonds. The van der Waals surface area contributed by atoms with E-state index < -0.39 is 11.7 Å². The van der Waals surface area contributed by atoms with Gasteiger partial charge in [0.1, 0.15) is 11.9 Å². The van der Waals surface area contributed by atoms with E-state index in [0.29, 0.717) is 12.2 Å². The third-order valence-electron chi connectivity index (χ3n) is 6.01. The van der Waals surface area contributed by atoms with Gasteiger partial charge in [0, 0.05) is 43.0 Å². The highest BCUT2D eigenvalue weighted by Gasteiger charge is 2.32. The van der Waals surface area contributed by atoms with Crippen LogP contribution in [0.1, 0.15) is 62.4 Å². The molecule has 1 saturated carbocycles. The number of nitrogens with two attached hydrogens (primary N) is 1. The van der Waals surface area contributed by atoms with E-state index >= 15 is 0 Å². The second-order valence-corrected chi connectivity index (χ2v) is 8.64. The smallest absolute Gasteiger partial charge is 0.252 e. The first-order valence-electron chi connectivity index (χ1n) is 11.4. The van der Waals surface area contributed by atoms with Gasteiger partial charge in [0.25, 0.3) is 5.91 Å². The Balaban J connectivity index is 1.90. The van der Waals surface area contributed by atoms with Crippen LogP contribution in [0.15, 0.2) is 24.5 Å². The van der Waals surface area contributed by atoms with Gasteiger partial charge in [0.05, 0.1) is 16.8 Å². The lowest BCUT2D eigenvalue weighted by Crippen LogP contribution is -2.45. The molecule has 34 heavy (non-hydrogen) atoms. The van der Waals surface area contributed by atoms with E-state index in [1.165, 1.54) is 12.4 Å². The van der Waals surface area contributed by atoms with E-state index in [1.54, 1.807) is 6.07 Å². The summed E-state index contributed by atoms with van der Waals surface area (Å²) in [5.74, 6) is -1.02. The number of anilines is 3. The zero-order valence-corrected chi connectivity index (χ0v) is 19.6. The largest absolute Gasteiger partial charge is 0.365 e. The summed E-state index contributed by atoms with van der Waals surface area (Å²) < 4.78 is 14.3. The average molecular weight is 468 g/mol. The third-order valence-corrected chi connectivity index (χ3v) is 6.01. The second-order valence-electron chi connectivity index (χ2n) is 8.64. The highest BCUT2D eigenvalue weighted by atomic mass is 19.1. The van der Waals surface area contributed by atoms with Crippen molar-refractivity contribution < 1.29 is 14.0 Å². The van der Waals surface area contributed by atoms with Gasteiger partial charge in [-0.3, -0.25) is 9.59 Å². The molecule has 10 heteroatoms. The normalized spacial score (nSPS) is 17.6. The minimum atomic E-state index is -0.689. The molecular formula is C24H30FN7O2. The lowest BCUT2D eigenvalue weighted by molar-refractivity contribution is -0.125. The van der Waals surface area contributed by atoms with E-state index in [2.05, 4.69) is 25.5 Å². The third kappa shape index (κ3) is 5.60. The second kappa shape index (κ2) is 10.9. The Morgan fingerprint density at radius 3 is 2.50 bits per heavy atom. The minimum absolute atomic E-state index is 0.0130. The first-order valence-corrected chi connectivity index (χ1v) is 11.4. The first-order chi connectivity index (χ1) is 16.2. The first kappa shape index (κ1) is 24.9. The topological polar surface area (TPSA) is 137 Å². The maximum atomic E-state index is 14.3. The monoisotopic (exact) mass is 467 g/mol. The number of nitriles is 1. The zero-order chi connectivity index (χ0) is 24.8. The quantitative estimate of drug-likeness (QED) is 0.542. The Bertz CT molecular complexity index is 1090. The number of primary amides is 1. The summed E-state index contributed by atoms with van der Waals surface area (Å²) in [5.41, 5.74) is 6.62. The lowest BCUT2D eigenvalue weighted by atomic mass is 9.84. The summed E-state index contributed by atoms with van der Waals surface area (Å²) in [4.78, 5) is 34.8. The number of carbonyl (C=O) groups is 2. The number of hydrogen-bond donors (Lipinski definition) is 3. The van der Waals surface area contributed by atoms with Gasteiger partial charge < -0.3 is 21.3 Å². The standard InChI is InChI=1S/C24H30FN7O2/c1-4-28-24(34)16-5-7-17(8-6-16)32(14(2)3)20-10-21(29-13-18(20)22(27)33)31-23-19(25)9-15(11-26)12-30-23/h9-10,12-14,16-17H,4-8H2,1-3H3,(H2,27,33)(H,28,34)(H,29,30,31). The molecule has 1 aliphatic carbocycles. The lowest BCUT2D eigenvalue weighted by Gasteiger charge is -2.41. The molecule has 0 unspecified atom stereocenters. The number of rotatable bonds is 8. The van der Waals surface area contributed by atoms with Crippen molar-refractivity contribution in [2.24, 2.45) is 11.7 Å². The van der Waals surface area contributed by atoms with E-state index in [-0.39, 0.29) is 46.7 Å². The Kier molecular flexibility index (Phi) is 7.99. The van der Waals surface area contributed by atoms with Gasteiger partial charge in [-0.15, -0.1) is 0 Å². The molecule has 0 spiro atoms. The number of carbonyl (C=O) groups excluding carboxylic acids is 2. The van der Waals surface area contributed by atoms with Crippen molar-refractivity contribution >= 4 is 29.1 Å². The zero-order valence-electron chi connectivity index (χ0n) is 19.6. The van der Waals surface area contributed by atoms with Crippen LogP contribution in [0, 0.1) is 23.1 Å². The van der Waals surface area contributed by atoms with Crippen molar-refractivity contribution in [2.45, 2.75) is 58.5 Å². The summed E-state index contributed by atoms with van der Waals surface area (Å²) in [6.07, 6.45) is 5.71. The molecule has 3 rings (SSSR count). The van der Waals surface area contributed by atoms with Crippen molar-refractivity contribution in [3.63, 3.8) is 0 Å². The van der Waals surface area contributed by atoms with Crippen LogP contribution in [0.25, 0.3) is 0 Å². The summed E-state index contributed by atoms with van der Waals surface area (Å²) in [6, 6.07) is 4.72. The Hall–Kier alpha value is -3.74. The fraction of sp³-hybridized carbons (Fsp3) is 0.458. The molecule has 0 aliphatic heterocycles. The van der Waals surface area contributed by atoms with Crippen LogP contribution in [-0.2, 0) is 4.79 Å². The van der Waals surface area contributed by atoms with Gasteiger partial charge in [-0.25, -0.2) is 14.4 Å². The SMILES string of the molecule is CCNC(=O)C1CCC(N(c2cc(Nc3ncc(C#N)cc3F)ncc2C(N)=O)C(C)C)CC1. The van der Waals surface area contributed by atoms with Crippen molar-refractivity contribution in [2.75, 3.05) is 16.8 Å². The summed E-state index contributed by atoms with van der Waals surface area (Å²) in [5, 5.41) is 14.6. The van der Waals surface area contributed by atoms with Gasteiger partial charge >= 0.3 is 0 Å². The number of nitrogens with one attached hydrogen (secondary N) is 2. The predicted octanol–water partition coefficient (Wildman–Crippen LogP) is 3.24. The van der Waals surface area contributed by atoms with Crippen LogP contribution in [0.2, 0.25) is 0 Å². The molecular weight excluding hydrogens is 437 g/mol. The van der Waals surface area contributed by atoms with Crippen molar-refractivity contribution in [1.82, 2.24) is 15.3 Å². The summed E-state index contributed by atoms with van der Waals surface area (Å²) >= 11 is 0. The number of nitrogens with zero attached hydrogens (tertiary/aromatic N) is 4. The summed E-state index contributed by atoms with van der Waals surface area (Å²) in [6.45, 7) is 6.57. The van der Waals surface area contributed by atoms with Gasteiger partial charge in [-0.2, -0.15) is 5.26 Å². The van der Waals surface area contributed by atoms with Crippen LogP contribution in [0.5, 0.6) is 0 Å². The van der Waals surface area contributed by atoms with Gasteiger partial charge in [0.15, 0.2) is 11.6 Å². The fourth-order valence-corrected chi connectivity index (χ4v) is 4.46. The molecule has 180 valence electrons. The van der Waals surface area contributed by atoms with E-state index in [9.17, 15) is 14.0 Å². The Morgan fingerprint density at radius 1 is 1.24 bits per heavy atom. The Morgan fingerprint density at radius 2 is 1.94 bits per heavy atom. The highest BCUT2D eigenvalue weighted by Crippen LogP contribution is 2.35. The minimum Gasteiger partial charge on any atom is -0.365 e. The average Bonchev–Trinajstić information content (AvgIpc) is 2.81. The maximum Gasteiger partial charge on any atom is 0.252 e. The van der Waals surface area contributed by atoms with E-state index in [4.69, 9.17) is 11.0 Å². The number of aromatic nitrogens is 2. The number of amides is 2. The van der Waals surface area contributed by atoms with E-state index in [0.717, 1.165) is 31.7 Å². The summed E-state index contributed by atoms with van der Waals surface area (Å²) in [7, 11) is 0. The molecule has 0 aromatic carbocycles. The van der Waals surface area contributed by atoms with Gasteiger partial charge in [0.2, 0.25) is 5.91 Å². The van der Waals surface area contributed by atoms with Gasteiger partial charge in [-0.1, -0.05) is 0 Å². The van der Waals surface area contributed by atoms with E-state index in [1.807, 2.05) is 26.8 Å². The maximum absolute atomic E-state index is 14.3. The van der Waals surface area contributed by atoms with Crippen LogP contribution in [0.4, 0.5) is 21.7 Å². The van der Waals surface area contributed by atoms with Crippen LogP contribution >= 0.6 is 0 Å². The molecule has 0 bridgehead atoms. The molecule has 0 radical (unpaired) electrons. The van der Waals surface area contributed by atoms with Gasteiger partial charge in [-0.05, 0) is 52.5 Å². The molecule has 0 atom stereocenters. The van der Waals surface area contributed by atoms with Crippen LogP contribution in [0.3, 0.4) is 0 Å². The molecule has 4 N–H and O–H groups in total. The highest BCUT2D eigenvalue weighted by molar-refractivity contribution is 5.99. The predicted molar refractivity (Wildman–Crippen MR) is 127 cm³/mol. The van der Waals surface area contributed by atoms with Crippen molar-refractivity contribution in [1.29, 1.82) is 5.26 Å². The molecule has 2 heterocycles. The number of pyridine rings is 2. The molecule has 2 aromatic heterocycles. The molecule has 1 fully saturated rings. The molecule has 2 aromatic rings. The number of halogens is 1. The molecule has 0 saturated heterocycles. The fourth-order valence-electron chi connectivity index (χ4n) is 4.46. The van der Waals surface area contributed by atoms with Crippen LogP contribution in [-0.4, -0.2) is 40.4 Å².